The molecule has 8 heteroatoms. The minimum atomic E-state index is -0.780. The number of carbonyl (C=O) groups is 2. The van der Waals surface area contributed by atoms with Crippen molar-refractivity contribution >= 4 is 28.5 Å². The van der Waals surface area contributed by atoms with Crippen LogP contribution in [0.25, 0.3) is 11.0 Å². The van der Waals surface area contributed by atoms with Gasteiger partial charge in [-0.15, -0.1) is 0 Å². The average Bonchev–Trinajstić information content (AvgIpc) is 2.93. The number of aromatic nitrogens is 1. The summed E-state index contributed by atoms with van der Waals surface area (Å²) in [5.74, 6) is -0.804. The van der Waals surface area contributed by atoms with Crippen LogP contribution in [0.5, 0.6) is 0 Å². The zero-order valence-electron chi connectivity index (χ0n) is 14.0. The van der Waals surface area contributed by atoms with E-state index in [1.165, 1.54) is 0 Å². The normalized spacial score (nSPS) is 22.4. The summed E-state index contributed by atoms with van der Waals surface area (Å²) in [4.78, 5) is 40.6. The first kappa shape index (κ1) is 15.9. The third-order valence-electron chi connectivity index (χ3n) is 4.95. The lowest BCUT2D eigenvalue weighted by Gasteiger charge is -2.33. The first-order valence-electron chi connectivity index (χ1n) is 8.46. The van der Waals surface area contributed by atoms with Crippen molar-refractivity contribution in [3.63, 3.8) is 0 Å². The highest BCUT2D eigenvalue weighted by atomic mass is 16.5. The largest absolute Gasteiger partial charge is 0.373 e. The number of anilines is 1. The van der Waals surface area contributed by atoms with Gasteiger partial charge in [0.15, 0.2) is 5.58 Å². The van der Waals surface area contributed by atoms with Gasteiger partial charge in [-0.05, 0) is 25.6 Å². The van der Waals surface area contributed by atoms with E-state index in [1.54, 1.807) is 6.07 Å². The van der Waals surface area contributed by atoms with Gasteiger partial charge < -0.3 is 14.3 Å². The van der Waals surface area contributed by atoms with E-state index in [-0.39, 0.29) is 24.3 Å². The van der Waals surface area contributed by atoms with E-state index in [0.29, 0.717) is 11.0 Å². The van der Waals surface area contributed by atoms with Crippen LogP contribution in [0.1, 0.15) is 18.9 Å². The Balaban J connectivity index is 1.75. The summed E-state index contributed by atoms with van der Waals surface area (Å²) in [6.45, 7) is 3.58. The SMILES string of the molecule is CN1CCN(c2cccc3c(=O)n(C4CCC(=O)NC4=O)oc23)CC1. The van der Waals surface area contributed by atoms with Crippen molar-refractivity contribution in [3.05, 3.63) is 28.6 Å². The fourth-order valence-corrected chi connectivity index (χ4v) is 3.46. The second-order valence-electron chi connectivity index (χ2n) is 6.63. The van der Waals surface area contributed by atoms with Crippen molar-refractivity contribution < 1.29 is 14.1 Å². The summed E-state index contributed by atoms with van der Waals surface area (Å²) >= 11 is 0. The number of piperazine rings is 1. The molecule has 25 heavy (non-hydrogen) atoms. The van der Waals surface area contributed by atoms with Gasteiger partial charge in [0.05, 0.1) is 11.1 Å². The molecule has 2 aliphatic rings. The molecule has 0 spiro atoms. The Kier molecular flexibility index (Phi) is 3.84. The highest BCUT2D eigenvalue weighted by Crippen LogP contribution is 2.28. The first-order chi connectivity index (χ1) is 12.0. The number of hydrogen-bond acceptors (Lipinski definition) is 6. The van der Waals surface area contributed by atoms with Gasteiger partial charge in [-0.2, -0.15) is 4.74 Å². The van der Waals surface area contributed by atoms with Crippen molar-refractivity contribution in [1.29, 1.82) is 0 Å². The summed E-state index contributed by atoms with van der Waals surface area (Å²) in [6, 6.07) is 4.70. The molecular weight excluding hydrogens is 324 g/mol. The molecule has 1 aromatic carbocycles. The number of rotatable bonds is 2. The van der Waals surface area contributed by atoms with Crippen molar-refractivity contribution in [2.75, 3.05) is 38.1 Å². The van der Waals surface area contributed by atoms with Crippen LogP contribution in [-0.4, -0.2) is 54.7 Å². The molecule has 2 amide bonds. The molecule has 2 aliphatic heterocycles. The minimum Gasteiger partial charge on any atom is -0.373 e. The van der Waals surface area contributed by atoms with E-state index in [2.05, 4.69) is 22.2 Å². The fraction of sp³-hybridized carbons (Fsp3) is 0.471. The number of piperidine rings is 1. The molecule has 8 nitrogen and oxygen atoms in total. The van der Waals surface area contributed by atoms with E-state index >= 15 is 0 Å². The second-order valence-corrected chi connectivity index (χ2v) is 6.63. The number of para-hydroxylation sites is 1. The number of likely N-dealkylation sites (N-methyl/N-ethyl adjacent to an activating group) is 1. The Morgan fingerprint density at radius 3 is 2.60 bits per heavy atom. The van der Waals surface area contributed by atoms with E-state index in [9.17, 15) is 14.4 Å². The zero-order valence-corrected chi connectivity index (χ0v) is 14.0. The van der Waals surface area contributed by atoms with Crippen LogP contribution in [0, 0.1) is 0 Å². The van der Waals surface area contributed by atoms with Gasteiger partial charge in [0.2, 0.25) is 5.91 Å². The van der Waals surface area contributed by atoms with E-state index in [0.717, 1.165) is 36.6 Å². The summed E-state index contributed by atoms with van der Waals surface area (Å²) < 4.78 is 6.95. The van der Waals surface area contributed by atoms with Crippen LogP contribution < -0.4 is 15.8 Å². The van der Waals surface area contributed by atoms with Gasteiger partial charge in [-0.1, -0.05) is 6.07 Å². The molecule has 1 unspecified atom stereocenters. The summed E-state index contributed by atoms with van der Waals surface area (Å²) in [7, 11) is 2.08. The molecule has 3 heterocycles. The van der Waals surface area contributed by atoms with Gasteiger partial charge in [0, 0.05) is 32.6 Å². The number of imide groups is 1. The molecular formula is C17H20N4O4. The Labute approximate surface area is 143 Å². The lowest BCUT2D eigenvalue weighted by atomic mass is 10.1. The van der Waals surface area contributed by atoms with E-state index in [1.807, 2.05) is 12.1 Å². The highest BCUT2D eigenvalue weighted by Gasteiger charge is 2.32. The molecule has 2 aromatic rings. The molecule has 132 valence electrons. The molecule has 4 rings (SSSR count). The Hall–Kier alpha value is -2.61. The first-order valence-corrected chi connectivity index (χ1v) is 8.46. The van der Waals surface area contributed by atoms with Gasteiger partial charge >= 0.3 is 0 Å². The topological polar surface area (TPSA) is 87.8 Å². The van der Waals surface area contributed by atoms with Crippen LogP contribution in [0.15, 0.2) is 27.5 Å². The summed E-state index contributed by atoms with van der Waals surface area (Å²) in [5.41, 5.74) is 1.04. The Bertz CT molecular complexity index is 892. The predicted molar refractivity (Wildman–Crippen MR) is 91.6 cm³/mol. The number of fused-ring (bicyclic) bond motifs is 1. The highest BCUT2D eigenvalue weighted by molar-refractivity contribution is 5.99. The van der Waals surface area contributed by atoms with E-state index in [4.69, 9.17) is 4.52 Å². The number of amides is 2. The smallest absolute Gasteiger partial charge is 0.291 e. The minimum absolute atomic E-state index is 0.200. The summed E-state index contributed by atoms with van der Waals surface area (Å²) in [6.07, 6.45) is 0.472. The van der Waals surface area contributed by atoms with Gasteiger partial charge in [0.1, 0.15) is 6.04 Å². The van der Waals surface area contributed by atoms with Crippen LogP contribution in [0.2, 0.25) is 0 Å². The number of nitrogens with one attached hydrogen (secondary N) is 1. The molecule has 2 fully saturated rings. The van der Waals surface area contributed by atoms with Gasteiger partial charge in [0.25, 0.3) is 11.5 Å². The fourth-order valence-electron chi connectivity index (χ4n) is 3.46. The molecule has 2 saturated heterocycles. The molecule has 1 atom stereocenters. The number of nitrogens with zero attached hydrogens (tertiary/aromatic N) is 3. The van der Waals surface area contributed by atoms with Crippen molar-refractivity contribution in [2.24, 2.45) is 0 Å². The Morgan fingerprint density at radius 2 is 1.88 bits per heavy atom. The second kappa shape index (κ2) is 6.03. The van der Waals surface area contributed by atoms with Crippen molar-refractivity contribution in [2.45, 2.75) is 18.9 Å². The lowest BCUT2D eigenvalue weighted by Crippen LogP contribution is -2.44. The van der Waals surface area contributed by atoms with Crippen molar-refractivity contribution in [1.82, 2.24) is 15.0 Å². The molecule has 0 bridgehead atoms. The molecule has 0 saturated carbocycles. The maximum absolute atomic E-state index is 12.7. The molecule has 1 aromatic heterocycles. The van der Waals surface area contributed by atoms with Gasteiger partial charge in [-0.25, -0.2) is 0 Å². The quantitative estimate of drug-likeness (QED) is 0.790. The maximum Gasteiger partial charge on any atom is 0.291 e. The lowest BCUT2D eigenvalue weighted by molar-refractivity contribution is -0.137. The van der Waals surface area contributed by atoms with Gasteiger partial charge in [-0.3, -0.25) is 19.7 Å². The van der Waals surface area contributed by atoms with Crippen molar-refractivity contribution in [3.8, 4) is 0 Å². The number of hydrogen-bond donors (Lipinski definition) is 1. The number of benzene rings is 1. The zero-order chi connectivity index (χ0) is 17.6. The monoisotopic (exact) mass is 344 g/mol. The predicted octanol–water partition coefficient (Wildman–Crippen LogP) is 0.324. The van der Waals surface area contributed by atoms with Crippen LogP contribution >= 0.6 is 0 Å². The number of carbonyl (C=O) groups excluding carboxylic acids is 2. The van der Waals surface area contributed by atoms with Crippen LogP contribution in [0.3, 0.4) is 0 Å². The Morgan fingerprint density at radius 1 is 1.12 bits per heavy atom. The summed E-state index contributed by atoms with van der Waals surface area (Å²) in [5, 5.41) is 2.73. The maximum atomic E-state index is 12.7. The standard InChI is InChI=1S/C17H20N4O4/c1-19-7-9-20(10-8-19)12-4-2-3-11-15(12)25-21(17(11)24)13-5-6-14(22)18-16(13)23/h2-4,13H,5-10H2,1H3,(H,18,22,23). The van der Waals surface area contributed by atoms with Crippen LogP contribution in [-0.2, 0) is 9.59 Å². The third-order valence-corrected chi connectivity index (χ3v) is 4.95. The third kappa shape index (κ3) is 2.72. The molecule has 0 aliphatic carbocycles. The van der Waals surface area contributed by atoms with Crippen LogP contribution in [0.4, 0.5) is 5.69 Å². The molecule has 1 N–H and O–H groups in total. The molecule has 0 radical (unpaired) electrons. The average molecular weight is 344 g/mol. The van der Waals surface area contributed by atoms with E-state index < -0.39 is 11.9 Å².